The topological polar surface area (TPSA) is 139 Å². The molecule has 0 rings (SSSR count). The van der Waals surface area contributed by atoms with Crippen LogP contribution in [0.25, 0.3) is 0 Å². The average Bonchev–Trinajstić information content (AvgIpc) is 2.23. The summed E-state index contributed by atoms with van der Waals surface area (Å²) in [6.45, 7) is 2.58. The fraction of sp³-hybridized carbons (Fsp3) is 0.700. The van der Waals surface area contributed by atoms with Gasteiger partial charge in [0, 0.05) is 0 Å². The van der Waals surface area contributed by atoms with E-state index < -0.39 is 49.1 Å². The lowest BCUT2D eigenvalue weighted by Gasteiger charge is -2.18. The Balaban J connectivity index is 4.40. The van der Waals surface area contributed by atoms with Crippen molar-refractivity contribution in [1.29, 1.82) is 0 Å². The second-order valence-electron chi connectivity index (χ2n) is 3.93. The fourth-order valence-corrected chi connectivity index (χ4v) is 1.05. The number of hydrogen-bond donors (Lipinski definition) is 4. The van der Waals surface area contributed by atoms with Gasteiger partial charge in [0.15, 0.2) is 6.04 Å². The van der Waals surface area contributed by atoms with Crippen LogP contribution in [0.3, 0.4) is 0 Å². The van der Waals surface area contributed by atoms with E-state index in [0.29, 0.717) is 0 Å². The summed E-state index contributed by atoms with van der Waals surface area (Å²) in [6.07, 6.45) is -0.959. The van der Waals surface area contributed by atoms with E-state index >= 15 is 0 Å². The van der Waals surface area contributed by atoms with E-state index in [4.69, 9.17) is 20.7 Å². The SMILES string of the molecule is CC(C)OC(=O)C(CO)NC(=O)C(N)CC(=O)O. The van der Waals surface area contributed by atoms with Crippen LogP contribution in [-0.2, 0) is 19.1 Å². The van der Waals surface area contributed by atoms with Crippen molar-refractivity contribution in [1.82, 2.24) is 5.32 Å². The molecule has 0 saturated carbocycles. The molecule has 0 radical (unpaired) electrons. The molecular weight excluding hydrogens is 244 g/mol. The Morgan fingerprint density at radius 2 is 1.89 bits per heavy atom. The van der Waals surface area contributed by atoms with Crippen molar-refractivity contribution in [2.45, 2.75) is 38.5 Å². The Hall–Kier alpha value is -1.67. The molecule has 0 fully saturated rings. The molecule has 0 saturated heterocycles. The van der Waals surface area contributed by atoms with Gasteiger partial charge in [-0.3, -0.25) is 9.59 Å². The number of aliphatic hydroxyl groups excluding tert-OH is 1. The summed E-state index contributed by atoms with van der Waals surface area (Å²) in [6, 6.07) is -2.54. The number of aliphatic hydroxyl groups is 1. The molecule has 2 unspecified atom stereocenters. The monoisotopic (exact) mass is 262 g/mol. The molecule has 8 heteroatoms. The number of aliphatic carboxylic acids is 1. The maximum atomic E-state index is 11.4. The van der Waals surface area contributed by atoms with Gasteiger partial charge in [-0.15, -0.1) is 0 Å². The van der Waals surface area contributed by atoms with Gasteiger partial charge in [0.1, 0.15) is 0 Å². The lowest BCUT2D eigenvalue weighted by atomic mass is 10.2. The molecule has 104 valence electrons. The predicted octanol–water partition coefficient (Wildman–Crippen LogP) is -1.78. The summed E-state index contributed by atoms with van der Waals surface area (Å²) < 4.78 is 4.79. The van der Waals surface area contributed by atoms with Crippen LogP contribution in [0.4, 0.5) is 0 Å². The summed E-state index contributed by atoms with van der Waals surface area (Å²) in [5.74, 6) is -2.87. The van der Waals surface area contributed by atoms with Gasteiger partial charge in [0.05, 0.1) is 25.2 Å². The van der Waals surface area contributed by atoms with Crippen LogP contribution in [0.1, 0.15) is 20.3 Å². The fourth-order valence-electron chi connectivity index (χ4n) is 1.05. The number of carboxylic acids is 1. The van der Waals surface area contributed by atoms with Crippen LogP contribution in [0.5, 0.6) is 0 Å². The Kier molecular flexibility index (Phi) is 6.91. The minimum Gasteiger partial charge on any atom is -0.481 e. The summed E-state index contributed by atoms with van der Waals surface area (Å²) in [7, 11) is 0. The van der Waals surface area contributed by atoms with Gasteiger partial charge in [-0.05, 0) is 13.8 Å². The van der Waals surface area contributed by atoms with Gasteiger partial charge in [0.2, 0.25) is 5.91 Å². The number of nitrogens with one attached hydrogen (secondary N) is 1. The molecule has 0 aromatic carbocycles. The number of hydrogen-bond acceptors (Lipinski definition) is 6. The summed E-state index contributed by atoms with van der Waals surface area (Å²) in [4.78, 5) is 33.2. The highest BCUT2D eigenvalue weighted by Crippen LogP contribution is 1.96. The van der Waals surface area contributed by atoms with Gasteiger partial charge in [-0.2, -0.15) is 0 Å². The van der Waals surface area contributed by atoms with Crippen molar-refractivity contribution in [2.24, 2.45) is 5.73 Å². The zero-order chi connectivity index (χ0) is 14.3. The molecule has 0 aliphatic rings. The number of carbonyl (C=O) groups excluding carboxylic acids is 2. The van der Waals surface area contributed by atoms with Gasteiger partial charge >= 0.3 is 11.9 Å². The van der Waals surface area contributed by atoms with E-state index in [1.807, 2.05) is 0 Å². The highest BCUT2D eigenvalue weighted by Gasteiger charge is 2.25. The number of esters is 1. The molecule has 0 aromatic rings. The second-order valence-corrected chi connectivity index (χ2v) is 3.93. The molecule has 0 heterocycles. The van der Waals surface area contributed by atoms with Crippen LogP contribution in [-0.4, -0.2) is 52.9 Å². The number of carboxylic acid groups (broad SMARTS) is 1. The predicted molar refractivity (Wildman–Crippen MR) is 60.5 cm³/mol. The number of carbonyl (C=O) groups is 3. The Bertz CT molecular complexity index is 317. The number of ether oxygens (including phenoxy) is 1. The minimum atomic E-state index is -1.29. The maximum Gasteiger partial charge on any atom is 0.331 e. The summed E-state index contributed by atoms with van der Waals surface area (Å²) in [5.41, 5.74) is 5.30. The largest absolute Gasteiger partial charge is 0.481 e. The highest BCUT2D eigenvalue weighted by atomic mass is 16.5. The molecule has 0 aliphatic heterocycles. The van der Waals surface area contributed by atoms with Gasteiger partial charge in [-0.25, -0.2) is 4.79 Å². The first kappa shape index (κ1) is 16.3. The smallest absolute Gasteiger partial charge is 0.331 e. The van der Waals surface area contributed by atoms with Gasteiger partial charge < -0.3 is 26.0 Å². The Morgan fingerprint density at radius 3 is 2.28 bits per heavy atom. The minimum absolute atomic E-state index is 0.392. The molecular formula is C10H18N2O6. The van der Waals surface area contributed by atoms with Crippen molar-refractivity contribution in [3.05, 3.63) is 0 Å². The zero-order valence-corrected chi connectivity index (χ0v) is 10.3. The van der Waals surface area contributed by atoms with Crippen LogP contribution < -0.4 is 11.1 Å². The Morgan fingerprint density at radius 1 is 1.33 bits per heavy atom. The summed E-state index contributed by atoms with van der Waals surface area (Å²) in [5, 5.41) is 19.5. The lowest BCUT2D eigenvalue weighted by molar-refractivity contribution is -0.152. The normalized spacial score (nSPS) is 13.8. The van der Waals surface area contributed by atoms with E-state index in [1.54, 1.807) is 13.8 Å². The molecule has 0 aromatic heterocycles. The molecule has 5 N–H and O–H groups in total. The third-order valence-electron chi connectivity index (χ3n) is 1.87. The molecule has 18 heavy (non-hydrogen) atoms. The molecule has 8 nitrogen and oxygen atoms in total. The average molecular weight is 262 g/mol. The molecule has 1 amide bonds. The van der Waals surface area contributed by atoms with E-state index in [0.717, 1.165) is 0 Å². The third kappa shape index (κ3) is 6.16. The second kappa shape index (κ2) is 7.62. The number of rotatable bonds is 7. The van der Waals surface area contributed by atoms with Crippen LogP contribution in [0, 0.1) is 0 Å². The van der Waals surface area contributed by atoms with Crippen LogP contribution in [0.2, 0.25) is 0 Å². The number of amides is 1. The van der Waals surface area contributed by atoms with Crippen LogP contribution >= 0.6 is 0 Å². The molecule has 0 bridgehead atoms. The van der Waals surface area contributed by atoms with Gasteiger partial charge in [0.25, 0.3) is 0 Å². The quantitative estimate of drug-likeness (QED) is 0.397. The van der Waals surface area contributed by atoms with Crippen molar-refractivity contribution in [3.8, 4) is 0 Å². The Labute approximate surface area is 104 Å². The van der Waals surface area contributed by atoms with E-state index in [2.05, 4.69) is 5.32 Å². The first-order chi connectivity index (χ1) is 8.27. The number of nitrogens with two attached hydrogens (primary N) is 1. The first-order valence-electron chi connectivity index (χ1n) is 5.37. The van der Waals surface area contributed by atoms with E-state index in [9.17, 15) is 14.4 Å². The highest BCUT2D eigenvalue weighted by molar-refractivity contribution is 5.89. The van der Waals surface area contributed by atoms with Crippen molar-refractivity contribution < 1.29 is 29.3 Å². The molecule has 2 atom stereocenters. The van der Waals surface area contributed by atoms with Crippen LogP contribution in [0.15, 0.2) is 0 Å². The van der Waals surface area contributed by atoms with Crippen molar-refractivity contribution in [2.75, 3.05) is 6.61 Å². The lowest BCUT2D eigenvalue weighted by Crippen LogP contribution is -2.51. The summed E-state index contributed by atoms with van der Waals surface area (Å²) >= 11 is 0. The molecule has 0 aliphatic carbocycles. The third-order valence-corrected chi connectivity index (χ3v) is 1.87. The molecule has 0 spiro atoms. The zero-order valence-electron chi connectivity index (χ0n) is 10.3. The van der Waals surface area contributed by atoms with E-state index in [1.165, 1.54) is 0 Å². The van der Waals surface area contributed by atoms with Crippen molar-refractivity contribution >= 4 is 17.8 Å². The van der Waals surface area contributed by atoms with Gasteiger partial charge in [-0.1, -0.05) is 0 Å². The van der Waals surface area contributed by atoms with Crippen molar-refractivity contribution in [3.63, 3.8) is 0 Å². The first-order valence-corrected chi connectivity index (χ1v) is 5.37. The standard InChI is InChI=1S/C10H18N2O6/c1-5(2)18-10(17)7(4-13)12-9(16)6(11)3-8(14)15/h5-7,13H,3-4,11H2,1-2H3,(H,12,16)(H,14,15). The van der Waals surface area contributed by atoms with E-state index in [-0.39, 0.29) is 0 Å². The maximum absolute atomic E-state index is 11.4.